The van der Waals surface area contributed by atoms with E-state index in [1.54, 1.807) is 12.4 Å². The van der Waals surface area contributed by atoms with Gasteiger partial charge in [0.05, 0.1) is 5.41 Å². The fourth-order valence-electron chi connectivity index (χ4n) is 4.65. The van der Waals surface area contributed by atoms with Crippen LogP contribution in [0.15, 0.2) is 24.5 Å². The highest BCUT2D eigenvalue weighted by Gasteiger charge is 2.50. The first-order valence-electron chi connectivity index (χ1n) is 11.0. The van der Waals surface area contributed by atoms with Crippen molar-refractivity contribution in [3.05, 3.63) is 30.1 Å². The summed E-state index contributed by atoms with van der Waals surface area (Å²) < 4.78 is 37.1. The Morgan fingerprint density at radius 3 is 2.39 bits per heavy atom. The Morgan fingerprint density at radius 2 is 1.79 bits per heavy atom. The van der Waals surface area contributed by atoms with E-state index < -0.39 is 12.1 Å². The summed E-state index contributed by atoms with van der Waals surface area (Å²) in [6.45, 7) is 4.14. The number of piperidine rings is 1. The number of aromatic nitrogens is 1. The Bertz CT molecular complexity index is 845. The summed E-state index contributed by atoms with van der Waals surface area (Å²) >= 11 is 0. The molecule has 0 aliphatic carbocycles. The van der Waals surface area contributed by atoms with Crippen LogP contribution < -0.4 is 0 Å². The molecule has 4 rings (SSSR count). The van der Waals surface area contributed by atoms with Crippen molar-refractivity contribution in [1.29, 1.82) is 0 Å². The van der Waals surface area contributed by atoms with E-state index in [9.17, 15) is 22.8 Å². The molecule has 3 aliphatic rings. The highest BCUT2D eigenvalue weighted by atomic mass is 19.4. The number of carboxylic acids is 1. The second-order valence-corrected chi connectivity index (χ2v) is 8.67. The first kappa shape index (κ1) is 24.9. The van der Waals surface area contributed by atoms with Gasteiger partial charge in [-0.2, -0.15) is 13.2 Å². The summed E-state index contributed by atoms with van der Waals surface area (Å²) in [5, 5.41) is 7.12. The molecule has 0 radical (unpaired) electrons. The Balaban J connectivity index is 0.000000383. The van der Waals surface area contributed by atoms with Gasteiger partial charge in [0.1, 0.15) is 0 Å². The van der Waals surface area contributed by atoms with Gasteiger partial charge >= 0.3 is 12.1 Å². The summed E-state index contributed by atoms with van der Waals surface area (Å²) in [6.07, 6.45) is 2.74. The lowest BCUT2D eigenvalue weighted by Crippen LogP contribution is -2.51. The number of ether oxygens (including phenoxy) is 1. The van der Waals surface area contributed by atoms with Gasteiger partial charge in [-0.05, 0) is 49.8 Å². The van der Waals surface area contributed by atoms with Crippen molar-refractivity contribution >= 4 is 17.8 Å². The van der Waals surface area contributed by atoms with Gasteiger partial charge < -0.3 is 19.6 Å². The Hall–Kier alpha value is -2.69. The van der Waals surface area contributed by atoms with Crippen LogP contribution in [0.25, 0.3) is 0 Å². The lowest BCUT2D eigenvalue weighted by molar-refractivity contribution is -0.192. The molecular weight excluding hydrogens is 443 g/mol. The van der Waals surface area contributed by atoms with Gasteiger partial charge in [-0.1, -0.05) is 0 Å². The number of halogens is 3. The summed E-state index contributed by atoms with van der Waals surface area (Å²) in [7, 11) is 0. The highest BCUT2D eigenvalue weighted by molar-refractivity contribution is 5.87. The zero-order chi connectivity index (χ0) is 24.1. The van der Waals surface area contributed by atoms with E-state index in [0.29, 0.717) is 26.3 Å². The summed E-state index contributed by atoms with van der Waals surface area (Å²) in [5.74, 6) is -2.23. The molecule has 0 bridgehead atoms. The third-order valence-electron chi connectivity index (χ3n) is 6.43. The van der Waals surface area contributed by atoms with Crippen molar-refractivity contribution in [2.24, 2.45) is 11.3 Å². The smallest absolute Gasteiger partial charge is 0.475 e. The topological polar surface area (TPSA) is 100 Å². The van der Waals surface area contributed by atoms with Crippen molar-refractivity contribution in [2.45, 2.75) is 44.8 Å². The summed E-state index contributed by atoms with van der Waals surface area (Å²) in [6, 6.07) is 3.92. The number of hydrogen-bond acceptors (Lipinski definition) is 5. The zero-order valence-electron chi connectivity index (χ0n) is 18.2. The normalized spacial score (nSPS) is 23.9. The molecule has 0 aromatic carbocycles. The number of likely N-dealkylation sites (tertiary alicyclic amines) is 2. The molecule has 33 heavy (non-hydrogen) atoms. The maximum Gasteiger partial charge on any atom is 0.490 e. The third-order valence-corrected chi connectivity index (χ3v) is 6.43. The number of nitrogens with zero attached hydrogens (tertiary/aromatic N) is 3. The van der Waals surface area contributed by atoms with Crippen LogP contribution in [0.5, 0.6) is 0 Å². The number of amides is 2. The molecule has 182 valence electrons. The molecule has 11 heteroatoms. The van der Waals surface area contributed by atoms with E-state index in [-0.39, 0.29) is 23.1 Å². The first-order chi connectivity index (χ1) is 15.6. The van der Waals surface area contributed by atoms with Crippen LogP contribution in [0.4, 0.5) is 13.2 Å². The van der Waals surface area contributed by atoms with Crippen molar-refractivity contribution in [3.63, 3.8) is 0 Å². The fourth-order valence-corrected chi connectivity index (χ4v) is 4.65. The average Bonchev–Trinajstić information content (AvgIpc) is 3.09. The van der Waals surface area contributed by atoms with Crippen LogP contribution in [0.3, 0.4) is 0 Å². The quantitative estimate of drug-likeness (QED) is 0.727. The largest absolute Gasteiger partial charge is 0.490 e. The molecule has 4 heterocycles. The van der Waals surface area contributed by atoms with Crippen LogP contribution in [0, 0.1) is 11.3 Å². The highest BCUT2D eigenvalue weighted by Crippen LogP contribution is 2.41. The minimum absolute atomic E-state index is 0.0725. The van der Waals surface area contributed by atoms with Crippen molar-refractivity contribution in [2.75, 3.05) is 32.8 Å². The molecule has 3 saturated heterocycles. The molecule has 1 unspecified atom stereocenters. The molecule has 3 fully saturated rings. The van der Waals surface area contributed by atoms with Gasteiger partial charge in [0.15, 0.2) is 0 Å². The van der Waals surface area contributed by atoms with E-state index in [0.717, 1.165) is 50.8 Å². The van der Waals surface area contributed by atoms with E-state index in [2.05, 4.69) is 4.98 Å². The predicted octanol–water partition coefficient (Wildman–Crippen LogP) is 2.48. The van der Waals surface area contributed by atoms with Crippen molar-refractivity contribution in [1.82, 2.24) is 14.8 Å². The van der Waals surface area contributed by atoms with E-state index in [1.807, 2.05) is 21.9 Å². The second kappa shape index (κ2) is 10.5. The first-order valence-corrected chi connectivity index (χ1v) is 11.0. The van der Waals surface area contributed by atoms with E-state index in [4.69, 9.17) is 14.6 Å². The maximum atomic E-state index is 13.2. The SMILES string of the molecule is O=C(C1CCOCC1)N1CCCC2(CCN(Cc3ccncc3)C2=O)C1.O=C(O)C(F)(F)F. The minimum Gasteiger partial charge on any atom is -0.475 e. The molecule has 8 nitrogen and oxygen atoms in total. The molecule has 1 spiro atoms. The van der Waals surface area contributed by atoms with Gasteiger partial charge in [-0.3, -0.25) is 14.6 Å². The second-order valence-electron chi connectivity index (χ2n) is 8.67. The van der Waals surface area contributed by atoms with Crippen LogP contribution in [0.2, 0.25) is 0 Å². The molecule has 1 N–H and O–H groups in total. The van der Waals surface area contributed by atoms with Crippen LogP contribution in [-0.2, 0) is 25.7 Å². The standard InChI is InChI=1S/C20H27N3O3.C2HF3O2/c24-18(17-4-12-26-13-5-17)23-10-1-6-20(15-23)7-11-22(19(20)25)14-16-2-8-21-9-3-16;3-2(4,5)1(6)7/h2-3,8-9,17H,1,4-7,10-15H2;(H,6,7). The van der Waals surface area contributed by atoms with Crippen molar-refractivity contribution < 1.29 is 37.4 Å². The predicted molar refractivity (Wildman–Crippen MR) is 110 cm³/mol. The van der Waals surface area contributed by atoms with Crippen molar-refractivity contribution in [3.8, 4) is 0 Å². The number of alkyl halides is 3. The summed E-state index contributed by atoms with van der Waals surface area (Å²) in [4.78, 5) is 43.0. The Morgan fingerprint density at radius 1 is 1.15 bits per heavy atom. The number of hydrogen-bond donors (Lipinski definition) is 1. The van der Waals surface area contributed by atoms with Crippen LogP contribution >= 0.6 is 0 Å². The third kappa shape index (κ3) is 6.21. The molecule has 1 aromatic rings. The number of carboxylic acid groups (broad SMARTS) is 1. The number of aliphatic carboxylic acids is 1. The van der Waals surface area contributed by atoms with Gasteiger partial charge in [0.2, 0.25) is 11.8 Å². The lowest BCUT2D eigenvalue weighted by Gasteiger charge is -2.40. The Kier molecular flexibility index (Phi) is 7.93. The molecule has 1 atom stereocenters. The van der Waals surface area contributed by atoms with Gasteiger partial charge in [0.25, 0.3) is 0 Å². The van der Waals surface area contributed by atoms with Gasteiger partial charge in [-0.25, -0.2) is 4.79 Å². The zero-order valence-corrected chi connectivity index (χ0v) is 18.2. The minimum atomic E-state index is -5.08. The van der Waals surface area contributed by atoms with Gasteiger partial charge in [0, 0.05) is 57.7 Å². The summed E-state index contributed by atoms with van der Waals surface area (Å²) in [5.41, 5.74) is 0.739. The monoisotopic (exact) mass is 471 g/mol. The van der Waals surface area contributed by atoms with E-state index in [1.165, 1.54) is 0 Å². The van der Waals surface area contributed by atoms with Gasteiger partial charge in [-0.15, -0.1) is 0 Å². The molecule has 2 amide bonds. The van der Waals surface area contributed by atoms with E-state index >= 15 is 0 Å². The molecule has 1 aromatic heterocycles. The van der Waals surface area contributed by atoms with Crippen LogP contribution in [0.1, 0.15) is 37.7 Å². The number of pyridine rings is 1. The fraction of sp³-hybridized carbons (Fsp3) is 0.636. The average molecular weight is 471 g/mol. The number of rotatable bonds is 3. The lowest BCUT2D eigenvalue weighted by atomic mass is 9.78. The molecule has 3 aliphatic heterocycles. The molecule has 0 saturated carbocycles. The van der Waals surface area contributed by atoms with Crippen LogP contribution in [-0.4, -0.2) is 76.7 Å². The maximum absolute atomic E-state index is 13.2. The number of carbonyl (C=O) groups excluding carboxylic acids is 2. The number of carbonyl (C=O) groups is 3. The Labute approximate surface area is 189 Å². The molecular formula is C22H28F3N3O5.